The van der Waals surface area contributed by atoms with E-state index in [1.165, 1.54) is 0 Å². The molecule has 0 saturated carbocycles. The van der Waals surface area contributed by atoms with Crippen molar-refractivity contribution in [3.05, 3.63) is 35.5 Å². The van der Waals surface area contributed by atoms with E-state index >= 15 is 0 Å². The molecule has 3 rings (SSSR count). The molecule has 1 amide bonds. The molecule has 1 aromatic heterocycles. The summed E-state index contributed by atoms with van der Waals surface area (Å²) < 4.78 is 23.6. The number of nitrogens with one attached hydrogen (secondary N) is 1. The van der Waals surface area contributed by atoms with Crippen molar-refractivity contribution in [2.24, 2.45) is 0 Å². The largest absolute Gasteiger partial charge is 0.326 e. The lowest BCUT2D eigenvalue weighted by Crippen LogP contribution is -2.47. The van der Waals surface area contributed by atoms with Gasteiger partial charge in [-0.25, -0.2) is 8.42 Å². The summed E-state index contributed by atoms with van der Waals surface area (Å²) in [6.45, 7) is 4.45. The van der Waals surface area contributed by atoms with Crippen molar-refractivity contribution in [2.45, 2.75) is 26.3 Å². The Hall–Kier alpha value is -1.99. The van der Waals surface area contributed by atoms with E-state index in [4.69, 9.17) is 0 Å². The molecule has 1 aromatic carbocycles. The fourth-order valence-corrected chi connectivity index (χ4v) is 4.94. The molecule has 1 unspecified atom stereocenters. The van der Waals surface area contributed by atoms with Crippen LogP contribution in [0.25, 0.3) is 10.9 Å². The third-order valence-electron chi connectivity index (χ3n) is 4.67. The third kappa shape index (κ3) is 4.16. The zero-order chi connectivity index (χ0) is 18.2. The van der Waals surface area contributed by atoms with Gasteiger partial charge in [0.1, 0.15) is 0 Å². The van der Waals surface area contributed by atoms with E-state index in [0.717, 1.165) is 22.2 Å². The second kappa shape index (κ2) is 6.72. The van der Waals surface area contributed by atoms with Gasteiger partial charge < -0.3 is 10.2 Å². The fourth-order valence-electron chi connectivity index (χ4n) is 3.25. The molecule has 1 fully saturated rings. The van der Waals surface area contributed by atoms with Gasteiger partial charge in [0.15, 0.2) is 9.84 Å². The van der Waals surface area contributed by atoms with Gasteiger partial charge in [-0.05, 0) is 50.7 Å². The highest BCUT2D eigenvalue weighted by Gasteiger charge is 2.30. The van der Waals surface area contributed by atoms with Gasteiger partial charge in [0.25, 0.3) is 0 Å². The summed E-state index contributed by atoms with van der Waals surface area (Å²) in [5.41, 5.74) is 3.67. The van der Waals surface area contributed by atoms with Gasteiger partial charge >= 0.3 is 0 Å². The summed E-state index contributed by atoms with van der Waals surface area (Å²) in [5.74, 6) is 0.0283. The van der Waals surface area contributed by atoms with Crippen LogP contribution in [-0.2, 0) is 14.6 Å². The van der Waals surface area contributed by atoms with Crippen molar-refractivity contribution < 1.29 is 13.2 Å². The van der Waals surface area contributed by atoms with E-state index in [9.17, 15) is 13.2 Å². The summed E-state index contributed by atoms with van der Waals surface area (Å²) in [5, 5.41) is 3.88. The predicted molar refractivity (Wildman–Crippen MR) is 99.5 cm³/mol. The Morgan fingerprint density at radius 1 is 1.32 bits per heavy atom. The maximum absolute atomic E-state index is 12.4. The highest BCUT2D eigenvalue weighted by atomic mass is 32.2. The lowest BCUT2D eigenvalue weighted by molar-refractivity contribution is -0.117. The Morgan fingerprint density at radius 2 is 2.08 bits per heavy atom. The Labute approximate surface area is 148 Å². The normalized spacial score (nSPS) is 20.5. The molecular weight excluding hydrogens is 338 g/mol. The van der Waals surface area contributed by atoms with Crippen molar-refractivity contribution in [3.8, 4) is 0 Å². The van der Waals surface area contributed by atoms with Crippen molar-refractivity contribution >= 4 is 32.3 Å². The monoisotopic (exact) mass is 361 g/mol. The van der Waals surface area contributed by atoms with Crippen LogP contribution in [0.15, 0.2) is 24.3 Å². The molecule has 25 heavy (non-hydrogen) atoms. The van der Waals surface area contributed by atoms with Gasteiger partial charge in [-0.3, -0.25) is 9.78 Å². The Kier molecular flexibility index (Phi) is 4.79. The molecule has 0 bridgehead atoms. The van der Waals surface area contributed by atoms with Crippen LogP contribution in [0.5, 0.6) is 0 Å². The molecule has 6 nitrogen and oxygen atoms in total. The number of carbonyl (C=O) groups is 1. The highest BCUT2D eigenvalue weighted by Crippen LogP contribution is 2.22. The van der Waals surface area contributed by atoms with Gasteiger partial charge in [-0.1, -0.05) is 0 Å². The van der Waals surface area contributed by atoms with Gasteiger partial charge in [-0.15, -0.1) is 0 Å². The first-order valence-corrected chi connectivity index (χ1v) is 10.1. The summed E-state index contributed by atoms with van der Waals surface area (Å²) >= 11 is 0. The Balaban J connectivity index is 1.73. The van der Waals surface area contributed by atoms with Crippen LogP contribution >= 0.6 is 0 Å². The SMILES string of the molecule is Cc1cc(C)c2cc(NC(=O)CC3CS(=O)(=O)CCN3C)ccc2n1. The fraction of sp³-hybridized carbons (Fsp3) is 0.444. The van der Waals surface area contributed by atoms with Gasteiger partial charge in [-0.2, -0.15) is 0 Å². The van der Waals surface area contributed by atoms with Crippen molar-refractivity contribution in [2.75, 3.05) is 30.4 Å². The first-order chi connectivity index (χ1) is 11.7. The van der Waals surface area contributed by atoms with Gasteiger partial charge in [0.05, 0.1) is 17.0 Å². The number of carbonyl (C=O) groups excluding carboxylic acids is 1. The second-order valence-corrected chi connectivity index (χ2v) is 9.04. The maximum atomic E-state index is 12.4. The number of pyridine rings is 1. The van der Waals surface area contributed by atoms with E-state index in [2.05, 4.69) is 10.3 Å². The maximum Gasteiger partial charge on any atom is 0.225 e. The molecule has 0 spiro atoms. The van der Waals surface area contributed by atoms with E-state index in [-0.39, 0.29) is 29.9 Å². The molecule has 1 aliphatic heterocycles. The molecule has 2 aromatic rings. The van der Waals surface area contributed by atoms with Crippen molar-refractivity contribution in [3.63, 3.8) is 0 Å². The van der Waals surface area contributed by atoms with Crippen LogP contribution in [0.2, 0.25) is 0 Å². The number of anilines is 1. The van der Waals surface area contributed by atoms with Gasteiger partial charge in [0.2, 0.25) is 5.91 Å². The number of hydrogen-bond donors (Lipinski definition) is 1. The van der Waals surface area contributed by atoms with Gasteiger partial charge in [0, 0.05) is 35.8 Å². The molecule has 1 N–H and O–H groups in total. The quantitative estimate of drug-likeness (QED) is 0.903. The number of rotatable bonds is 3. The standard InChI is InChI=1S/C18H23N3O3S/c1-12-8-13(2)19-17-5-4-14(9-16(12)17)20-18(22)10-15-11-25(23,24)7-6-21(15)3/h4-5,8-9,15H,6-7,10-11H2,1-3H3,(H,20,22). The highest BCUT2D eigenvalue weighted by molar-refractivity contribution is 7.91. The minimum atomic E-state index is -3.05. The molecule has 0 aliphatic carbocycles. The zero-order valence-corrected chi connectivity index (χ0v) is 15.6. The minimum absolute atomic E-state index is 0.0386. The Morgan fingerprint density at radius 3 is 2.84 bits per heavy atom. The number of amides is 1. The number of fused-ring (bicyclic) bond motifs is 1. The molecule has 2 heterocycles. The molecule has 1 saturated heterocycles. The number of benzene rings is 1. The topological polar surface area (TPSA) is 79.4 Å². The van der Waals surface area contributed by atoms with E-state index < -0.39 is 9.84 Å². The van der Waals surface area contributed by atoms with Crippen LogP contribution in [0.3, 0.4) is 0 Å². The van der Waals surface area contributed by atoms with Crippen LogP contribution in [-0.4, -0.2) is 55.3 Å². The average Bonchev–Trinajstić information content (AvgIpc) is 2.51. The average molecular weight is 361 g/mol. The van der Waals surface area contributed by atoms with Crippen LogP contribution in [0, 0.1) is 13.8 Å². The number of sulfone groups is 1. The number of nitrogens with zero attached hydrogens (tertiary/aromatic N) is 2. The lowest BCUT2D eigenvalue weighted by atomic mass is 10.1. The summed E-state index contributed by atoms with van der Waals surface area (Å²) in [7, 11) is -1.19. The van der Waals surface area contributed by atoms with E-state index in [1.54, 1.807) is 0 Å². The zero-order valence-electron chi connectivity index (χ0n) is 14.7. The molecular formula is C18H23N3O3S. The molecule has 7 heteroatoms. The van der Waals surface area contributed by atoms with E-state index in [1.807, 2.05) is 50.1 Å². The third-order valence-corrected chi connectivity index (χ3v) is 6.37. The summed E-state index contributed by atoms with van der Waals surface area (Å²) in [6, 6.07) is 7.37. The molecule has 134 valence electrons. The number of aryl methyl sites for hydroxylation is 2. The summed E-state index contributed by atoms with van der Waals surface area (Å²) in [6.07, 6.45) is 0.166. The smallest absolute Gasteiger partial charge is 0.225 e. The van der Waals surface area contributed by atoms with Crippen LogP contribution in [0.1, 0.15) is 17.7 Å². The van der Waals surface area contributed by atoms with E-state index in [0.29, 0.717) is 12.2 Å². The minimum Gasteiger partial charge on any atom is -0.326 e. The van der Waals surface area contributed by atoms with Crippen LogP contribution in [0.4, 0.5) is 5.69 Å². The van der Waals surface area contributed by atoms with Crippen molar-refractivity contribution in [1.29, 1.82) is 0 Å². The first-order valence-electron chi connectivity index (χ1n) is 8.32. The summed E-state index contributed by atoms with van der Waals surface area (Å²) in [4.78, 5) is 18.8. The number of aromatic nitrogens is 1. The Bertz CT molecular complexity index is 925. The number of hydrogen-bond acceptors (Lipinski definition) is 5. The van der Waals surface area contributed by atoms with Crippen LogP contribution < -0.4 is 5.32 Å². The first kappa shape index (κ1) is 17.8. The lowest BCUT2D eigenvalue weighted by Gasteiger charge is -2.31. The van der Waals surface area contributed by atoms with Crippen molar-refractivity contribution in [1.82, 2.24) is 9.88 Å². The molecule has 1 atom stereocenters. The molecule has 0 radical (unpaired) electrons. The molecule has 1 aliphatic rings. The second-order valence-electron chi connectivity index (χ2n) is 6.81. The predicted octanol–water partition coefficient (Wildman–Crippen LogP) is 1.91.